The second-order valence-corrected chi connectivity index (χ2v) is 6.68. The number of benzene rings is 2. The van der Waals surface area contributed by atoms with E-state index >= 15 is 0 Å². The number of anilines is 2. The summed E-state index contributed by atoms with van der Waals surface area (Å²) in [6, 6.07) is 12.0. The van der Waals surface area contributed by atoms with Gasteiger partial charge in [0.2, 0.25) is 11.8 Å². The molecule has 0 heterocycles. The number of carbonyl (C=O) groups is 3. The van der Waals surface area contributed by atoms with Gasteiger partial charge in [-0.2, -0.15) is 0 Å². The van der Waals surface area contributed by atoms with Crippen molar-refractivity contribution in [2.75, 3.05) is 10.6 Å². The summed E-state index contributed by atoms with van der Waals surface area (Å²) in [5.74, 6) is -1.46. The summed E-state index contributed by atoms with van der Waals surface area (Å²) in [4.78, 5) is 35.4. The summed E-state index contributed by atoms with van der Waals surface area (Å²) in [6.45, 7) is 5.48. The number of carboxylic acids is 1. The van der Waals surface area contributed by atoms with Crippen molar-refractivity contribution in [3.05, 3.63) is 59.2 Å². The molecule has 0 saturated carbocycles. The van der Waals surface area contributed by atoms with Crippen LogP contribution in [0.15, 0.2) is 42.5 Å². The number of carboxylic acid groups (broad SMARTS) is 1. The SMILES string of the molecule is Cc1ccc(NC(=O)C(C)C)cc1NC(=O)CCc1ccccc1C(=O)O. The van der Waals surface area contributed by atoms with Crippen LogP contribution in [0.2, 0.25) is 0 Å². The van der Waals surface area contributed by atoms with Crippen molar-refractivity contribution in [3.8, 4) is 0 Å². The molecule has 6 nitrogen and oxygen atoms in total. The molecular formula is C21H24N2O4. The Morgan fingerprint density at radius 3 is 2.41 bits per heavy atom. The van der Waals surface area contributed by atoms with Crippen LogP contribution >= 0.6 is 0 Å². The lowest BCUT2D eigenvalue weighted by Crippen LogP contribution is -2.18. The fourth-order valence-corrected chi connectivity index (χ4v) is 2.53. The van der Waals surface area contributed by atoms with E-state index in [9.17, 15) is 19.5 Å². The second kappa shape index (κ2) is 8.98. The Hall–Kier alpha value is -3.15. The fourth-order valence-electron chi connectivity index (χ4n) is 2.53. The smallest absolute Gasteiger partial charge is 0.335 e. The van der Waals surface area contributed by atoms with Gasteiger partial charge in [-0.3, -0.25) is 9.59 Å². The third-order valence-electron chi connectivity index (χ3n) is 4.17. The highest BCUT2D eigenvalue weighted by atomic mass is 16.4. The summed E-state index contributed by atoms with van der Waals surface area (Å²) < 4.78 is 0. The van der Waals surface area contributed by atoms with Crippen molar-refractivity contribution >= 4 is 29.2 Å². The summed E-state index contributed by atoms with van der Waals surface area (Å²) >= 11 is 0. The molecule has 2 rings (SSSR count). The van der Waals surface area contributed by atoms with E-state index in [2.05, 4.69) is 10.6 Å². The van der Waals surface area contributed by atoms with E-state index in [1.54, 1.807) is 44.2 Å². The number of aromatic carboxylic acids is 1. The molecule has 2 aromatic rings. The first-order chi connectivity index (χ1) is 12.8. The van der Waals surface area contributed by atoms with Crippen LogP contribution in [-0.4, -0.2) is 22.9 Å². The maximum atomic E-state index is 12.3. The highest BCUT2D eigenvalue weighted by molar-refractivity contribution is 5.95. The number of carbonyl (C=O) groups excluding carboxylic acids is 2. The van der Waals surface area contributed by atoms with Crippen molar-refractivity contribution < 1.29 is 19.5 Å². The summed E-state index contributed by atoms with van der Waals surface area (Å²) in [5.41, 5.74) is 2.94. The van der Waals surface area contributed by atoms with E-state index in [0.717, 1.165) is 5.56 Å². The molecule has 3 N–H and O–H groups in total. The Morgan fingerprint density at radius 2 is 1.74 bits per heavy atom. The standard InChI is InChI=1S/C21H24N2O4/c1-13(2)20(25)22-16-10-8-14(3)18(12-16)23-19(24)11-9-15-6-4-5-7-17(15)21(26)27/h4-8,10,12-13H,9,11H2,1-3H3,(H,22,25)(H,23,24)(H,26,27). The lowest BCUT2D eigenvalue weighted by molar-refractivity contribution is -0.119. The molecule has 6 heteroatoms. The van der Waals surface area contributed by atoms with Crippen LogP contribution < -0.4 is 10.6 Å². The van der Waals surface area contributed by atoms with E-state index < -0.39 is 5.97 Å². The molecule has 0 bridgehead atoms. The van der Waals surface area contributed by atoms with Crippen LogP contribution in [0.3, 0.4) is 0 Å². The lowest BCUT2D eigenvalue weighted by Gasteiger charge is -2.13. The molecule has 0 aromatic heterocycles. The number of amides is 2. The maximum absolute atomic E-state index is 12.3. The molecule has 0 radical (unpaired) electrons. The summed E-state index contributed by atoms with van der Waals surface area (Å²) in [5, 5.41) is 14.8. The normalized spacial score (nSPS) is 10.5. The maximum Gasteiger partial charge on any atom is 0.335 e. The van der Waals surface area contributed by atoms with Crippen molar-refractivity contribution in [2.45, 2.75) is 33.6 Å². The molecule has 2 amide bonds. The van der Waals surface area contributed by atoms with E-state index in [1.165, 1.54) is 6.07 Å². The Labute approximate surface area is 158 Å². The van der Waals surface area contributed by atoms with Gasteiger partial charge in [-0.05, 0) is 42.7 Å². The molecule has 0 spiro atoms. The molecule has 0 saturated heterocycles. The van der Waals surface area contributed by atoms with E-state index in [-0.39, 0.29) is 29.7 Å². The van der Waals surface area contributed by atoms with Gasteiger partial charge in [0.05, 0.1) is 5.56 Å². The van der Waals surface area contributed by atoms with Crippen LogP contribution in [0, 0.1) is 12.8 Å². The molecule has 27 heavy (non-hydrogen) atoms. The first kappa shape index (κ1) is 20.2. The first-order valence-corrected chi connectivity index (χ1v) is 8.80. The van der Waals surface area contributed by atoms with Crippen molar-refractivity contribution in [2.24, 2.45) is 5.92 Å². The van der Waals surface area contributed by atoms with Crippen LogP contribution in [0.1, 0.15) is 41.8 Å². The van der Waals surface area contributed by atoms with Gasteiger partial charge in [0, 0.05) is 23.7 Å². The van der Waals surface area contributed by atoms with Gasteiger partial charge in [0.15, 0.2) is 0 Å². The van der Waals surface area contributed by atoms with Crippen LogP contribution in [0.25, 0.3) is 0 Å². The zero-order valence-electron chi connectivity index (χ0n) is 15.7. The third kappa shape index (κ3) is 5.67. The van der Waals surface area contributed by atoms with Gasteiger partial charge in [-0.25, -0.2) is 4.79 Å². The highest BCUT2D eigenvalue weighted by Gasteiger charge is 2.12. The summed E-state index contributed by atoms with van der Waals surface area (Å²) in [6.07, 6.45) is 0.490. The molecule has 142 valence electrons. The Morgan fingerprint density at radius 1 is 1.04 bits per heavy atom. The molecule has 0 aliphatic heterocycles. The largest absolute Gasteiger partial charge is 0.478 e. The predicted molar refractivity (Wildman–Crippen MR) is 105 cm³/mol. The average Bonchev–Trinajstić information content (AvgIpc) is 2.62. The zero-order valence-corrected chi connectivity index (χ0v) is 15.7. The van der Waals surface area contributed by atoms with Gasteiger partial charge in [-0.15, -0.1) is 0 Å². The van der Waals surface area contributed by atoms with Crippen LogP contribution in [0.5, 0.6) is 0 Å². The second-order valence-electron chi connectivity index (χ2n) is 6.68. The van der Waals surface area contributed by atoms with Gasteiger partial charge < -0.3 is 15.7 Å². The number of nitrogens with one attached hydrogen (secondary N) is 2. The molecule has 0 aliphatic carbocycles. The van der Waals surface area contributed by atoms with Gasteiger partial charge >= 0.3 is 5.97 Å². The Bertz CT molecular complexity index is 859. The molecule has 0 aliphatic rings. The molecule has 0 fully saturated rings. The summed E-state index contributed by atoms with van der Waals surface area (Å²) in [7, 11) is 0. The molecule has 2 aromatic carbocycles. The van der Waals surface area contributed by atoms with Crippen molar-refractivity contribution in [3.63, 3.8) is 0 Å². The van der Waals surface area contributed by atoms with Gasteiger partial charge in [0.1, 0.15) is 0 Å². The van der Waals surface area contributed by atoms with E-state index in [0.29, 0.717) is 23.4 Å². The number of hydrogen-bond acceptors (Lipinski definition) is 3. The molecule has 0 atom stereocenters. The van der Waals surface area contributed by atoms with Crippen molar-refractivity contribution in [1.82, 2.24) is 0 Å². The number of rotatable bonds is 7. The van der Waals surface area contributed by atoms with Gasteiger partial charge in [-0.1, -0.05) is 38.1 Å². The first-order valence-electron chi connectivity index (χ1n) is 8.80. The molecular weight excluding hydrogens is 344 g/mol. The van der Waals surface area contributed by atoms with E-state index in [4.69, 9.17) is 0 Å². The number of hydrogen-bond donors (Lipinski definition) is 3. The average molecular weight is 368 g/mol. The monoisotopic (exact) mass is 368 g/mol. The quantitative estimate of drug-likeness (QED) is 0.691. The minimum Gasteiger partial charge on any atom is -0.478 e. The Kier molecular flexibility index (Phi) is 6.71. The van der Waals surface area contributed by atoms with Crippen LogP contribution in [-0.2, 0) is 16.0 Å². The lowest BCUT2D eigenvalue weighted by atomic mass is 10.0. The van der Waals surface area contributed by atoms with Crippen LogP contribution in [0.4, 0.5) is 11.4 Å². The minimum absolute atomic E-state index is 0.0959. The predicted octanol–water partition coefficient (Wildman–Crippen LogP) is 3.86. The Balaban J connectivity index is 2.03. The fraction of sp³-hybridized carbons (Fsp3) is 0.286. The van der Waals surface area contributed by atoms with Crippen molar-refractivity contribution in [1.29, 1.82) is 0 Å². The highest BCUT2D eigenvalue weighted by Crippen LogP contribution is 2.21. The minimum atomic E-state index is -1.00. The molecule has 0 unspecified atom stereocenters. The van der Waals surface area contributed by atoms with Gasteiger partial charge in [0.25, 0.3) is 0 Å². The third-order valence-corrected chi connectivity index (χ3v) is 4.17. The zero-order chi connectivity index (χ0) is 20.0. The van der Waals surface area contributed by atoms with E-state index in [1.807, 2.05) is 13.0 Å². The topological polar surface area (TPSA) is 95.5 Å². The number of aryl methyl sites for hydroxylation is 2.